The van der Waals surface area contributed by atoms with Gasteiger partial charge < -0.3 is 14.2 Å². The number of furan rings is 2. The highest BCUT2D eigenvalue weighted by molar-refractivity contribution is 5.95. The van der Waals surface area contributed by atoms with Crippen LogP contribution in [0.5, 0.6) is 0 Å². The second-order valence-corrected chi connectivity index (χ2v) is 5.04. The van der Waals surface area contributed by atoms with Crippen LogP contribution >= 0.6 is 0 Å². The van der Waals surface area contributed by atoms with E-state index < -0.39 is 0 Å². The van der Waals surface area contributed by atoms with Gasteiger partial charge in [-0.2, -0.15) is 0 Å². The number of hydrogen-bond donors (Lipinski definition) is 1. The van der Waals surface area contributed by atoms with Gasteiger partial charge >= 0.3 is 0 Å². The van der Waals surface area contributed by atoms with Crippen molar-refractivity contribution < 1.29 is 13.6 Å². The number of nitrogens with zero attached hydrogens (tertiary/aromatic N) is 1. The van der Waals surface area contributed by atoms with E-state index in [0.717, 1.165) is 17.0 Å². The minimum atomic E-state index is -0.147. The van der Waals surface area contributed by atoms with E-state index in [2.05, 4.69) is 10.3 Å². The Kier molecular flexibility index (Phi) is 3.78. The van der Waals surface area contributed by atoms with Crippen LogP contribution < -0.4 is 5.32 Å². The maximum Gasteiger partial charge on any atom is 0.255 e. The molecular weight excluding hydrogens is 280 g/mol. The predicted molar refractivity (Wildman–Crippen MR) is 81.3 cm³/mol. The van der Waals surface area contributed by atoms with Gasteiger partial charge in [0.05, 0.1) is 11.8 Å². The van der Waals surface area contributed by atoms with Crippen molar-refractivity contribution in [3.8, 4) is 11.5 Å². The fourth-order valence-electron chi connectivity index (χ4n) is 2.28. The zero-order chi connectivity index (χ0) is 15.5. The molecule has 3 aromatic heterocycles. The molecule has 1 amide bonds. The highest BCUT2D eigenvalue weighted by Crippen LogP contribution is 2.18. The standard InChI is InChI=1S/C17H16N2O3/c1-11-8-14(12(2)22-11)17(20)19-10-13-5-6-18-15(9-13)16-4-3-7-21-16/h3-9H,10H2,1-2H3,(H,19,20). The van der Waals surface area contributed by atoms with Gasteiger partial charge in [0.2, 0.25) is 0 Å². The molecule has 5 nitrogen and oxygen atoms in total. The summed E-state index contributed by atoms with van der Waals surface area (Å²) >= 11 is 0. The molecule has 3 rings (SSSR count). The molecule has 0 spiro atoms. The number of hydrogen-bond acceptors (Lipinski definition) is 4. The minimum Gasteiger partial charge on any atom is -0.466 e. The van der Waals surface area contributed by atoms with E-state index in [-0.39, 0.29) is 5.91 Å². The minimum absolute atomic E-state index is 0.147. The first-order valence-corrected chi connectivity index (χ1v) is 6.97. The van der Waals surface area contributed by atoms with E-state index in [4.69, 9.17) is 8.83 Å². The molecule has 3 aromatic rings. The predicted octanol–water partition coefficient (Wildman–Crippen LogP) is 3.48. The van der Waals surface area contributed by atoms with Gasteiger partial charge in [0, 0.05) is 12.7 Å². The molecule has 0 radical (unpaired) electrons. The van der Waals surface area contributed by atoms with Crippen LogP contribution in [0.15, 0.2) is 51.6 Å². The lowest BCUT2D eigenvalue weighted by Gasteiger charge is -2.05. The van der Waals surface area contributed by atoms with Crippen LogP contribution in [0.25, 0.3) is 11.5 Å². The first kappa shape index (κ1) is 14.1. The lowest BCUT2D eigenvalue weighted by Crippen LogP contribution is -2.23. The molecule has 0 aliphatic carbocycles. The molecule has 0 atom stereocenters. The van der Waals surface area contributed by atoms with Crippen molar-refractivity contribution in [2.75, 3.05) is 0 Å². The SMILES string of the molecule is Cc1cc(C(=O)NCc2ccnc(-c3ccco3)c2)c(C)o1. The number of rotatable bonds is 4. The van der Waals surface area contributed by atoms with Crippen molar-refractivity contribution in [1.29, 1.82) is 0 Å². The number of aryl methyl sites for hydroxylation is 2. The molecule has 0 bridgehead atoms. The highest BCUT2D eigenvalue weighted by atomic mass is 16.3. The van der Waals surface area contributed by atoms with Gasteiger partial charge in [0.25, 0.3) is 5.91 Å². The van der Waals surface area contributed by atoms with E-state index >= 15 is 0 Å². The summed E-state index contributed by atoms with van der Waals surface area (Å²) in [5.41, 5.74) is 2.26. The van der Waals surface area contributed by atoms with Crippen LogP contribution in [0.4, 0.5) is 0 Å². The Hall–Kier alpha value is -2.82. The molecule has 0 fully saturated rings. The quantitative estimate of drug-likeness (QED) is 0.800. The van der Waals surface area contributed by atoms with E-state index in [1.165, 1.54) is 0 Å². The molecule has 112 valence electrons. The van der Waals surface area contributed by atoms with Gasteiger partial charge in [-0.3, -0.25) is 9.78 Å². The second kappa shape index (κ2) is 5.89. The van der Waals surface area contributed by atoms with E-state index in [9.17, 15) is 4.79 Å². The summed E-state index contributed by atoms with van der Waals surface area (Å²) in [6.45, 7) is 4.02. The van der Waals surface area contributed by atoms with Crippen molar-refractivity contribution in [1.82, 2.24) is 10.3 Å². The van der Waals surface area contributed by atoms with Crippen LogP contribution in [0, 0.1) is 13.8 Å². The molecule has 0 saturated carbocycles. The Bertz CT molecular complexity index is 788. The van der Waals surface area contributed by atoms with Gasteiger partial charge in [-0.1, -0.05) is 0 Å². The largest absolute Gasteiger partial charge is 0.466 e. The fourth-order valence-corrected chi connectivity index (χ4v) is 2.28. The topological polar surface area (TPSA) is 68.3 Å². The third kappa shape index (κ3) is 2.93. The zero-order valence-electron chi connectivity index (χ0n) is 12.4. The molecule has 0 saturated heterocycles. The molecule has 1 N–H and O–H groups in total. The van der Waals surface area contributed by atoms with Gasteiger partial charge in [-0.15, -0.1) is 0 Å². The van der Waals surface area contributed by atoms with Gasteiger partial charge in [0.15, 0.2) is 5.76 Å². The summed E-state index contributed by atoms with van der Waals surface area (Å²) < 4.78 is 10.7. The average molecular weight is 296 g/mol. The Morgan fingerprint density at radius 1 is 1.27 bits per heavy atom. The van der Waals surface area contributed by atoms with Crippen LogP contribution in [0.1, 0.15) is 27.4 Å². The average Bonchev–Trinajstić information content (AvgIpc) is 3.15. The Morgan fingerprint density at radius 2 is 2.14 bits per heavy atom. The Balaban J connectivity index is 1.70. The van der Waals surface area contributed by atoms with Crippen LogP contribution in [-0.2, 0) is 6.54 Å². The number of pyridine rings is 1. The third-order valence-electron chi connectivity index (χ3n) is 3.34. The Morgan fingerprint density at radius 3 is 2.82 bits per heavy atom. The second-order valence-electron chi connectivity index (χ2n) is 5.04. The van der Waals surface area contributed by atoms with Crippen LogP contribution in [-0.4, -0.2) is 10.9 Å². The first-order chi connectivity index (χ1) is 10.6. The van der Waals surface area contributed by atoms with Crippen molar-refractivity contribution in [2.45, 2.75) is 20.4 Å². The van der Waals surface area contributed by atoms with Crippen LogP contribution in [0.3, 0.4) is 0 Å². The van der Waals surface area contributed by atoms with E-state index in [0.29, 0.717) is 23.6 Å². The normalized spacial score (nSPS) is 10.6. The number of amides is 1. The lowest BCUT2D eigenvalue weighted by atomic mass is 10.2. The fraction of sp³-hybridized carbons (Fsp3) is 0.176. The van der Waals surface area contributed by atoms with E-state index in [1.54, 1.807) is 25.5 Å². The molecule has 0 unspecified atom stereocenters. The maximum atomic E-state index is 12.2. The van der Waals surface area contributed by atoms with Gasteiger partial charge in [-0.25, -0.2) is 0 Å². The number of carbonyl (C=O) groups excluding carboxylic acids is 1. The maximum absolute atomic E-state index is 12.2. The Labute approximate surface area is 128 Å². The van der Waals surface area contributed by atoms with Crippen molar-refractivity contribution in [3.63, 3.8) is 0 Å². The van der Waals surface area contributed by atoms with Crippen molar-refractivity contribution in [2.24, 2.45) is 0 Å². The third-order valence-corrected chi connectivity index (χ3v) is 3.34. The zero-order valence-corrected chi connectivity index (χ0v) is 12.4. The van der Waals surface area contributed by atoms with Gasteiger partial charge in [-0.05, 0) is 49.7 Å². The first-order valence-electron chi connectivity index (χ1n) is 6.97. The molecule has 0 aliphatic heterocycles. The van der Waals surface area contributed by atoms with Crippen molar-refractivity contribution >= 4 is 5.91 Å². The number of carbonyl (C=O) groups is 1. The monoisotopic (exact) mass is 296 g/mol. The summed E-state index contributed by atoms with van der Waals surface area (Å²) in [6, 6.07) is 9.16. The van der Waals surface area contributed by atoms with Gasteiger partial charge in [0.1, 0.15) is 17.2 Å². The van der Waals surface area contributed by atoms with Crippen LogP contribution in [0.2, 0.25) is 0 Å². The summed E-state index contributed by atoms with van der Waals surface area (Å²) in [5.74, 6) is 1.91. The molecule has 0 aliphatic rings. The summed E-state index contributed by atoms with van der Waals surface area (Å²) in [7, 11) is 0. The number of nitrogens with one attached hydrogen (secondary N) is 1. The molecule has 0 aromatic carbocycles. The summed E-state index contributed by atoms with van der Waals surface area (Å²) in [6.07, 6.45) is 3.31. The number of aromatic nitrogens is 1. The smallest absolute Gasteiger partial charge is 0.255 e. The summed E-state index contributed by atoms with van der Waals surface area (Å²) in [4.78, 5) is 16.4. The molecule has 22 heavy (non-hydrogen) atoms. The lowest BCUT2D eigenvalue weighted by molar-refractivity contribution is 0.0949. The van der Waals surface area contributed by atoms with E-state index in [1.807, 2.05) is 31.2 Å². The highest BCUT2D eigenvalue weighted by Gasteiger charge is 2.13. The molecule has 5 heteroatoms. The molecule has 3 heterocycles. The van der Waals surface area contributed by atoms with Crippen molar-refractivity contribution in [3.05, 3.63) is 65.4 Å². The summed E-state index contributed by atoms with van der Waals surface area (Å²) in [5, 5.41) is 2.88. The molecular formula is C17H16N2O3.